The van der Waals surface area contributed by atoms with Gasteiger partial charge in [0.1, 0.15) is 48.5 Å². The molecule has 0 saturated carbocycles. The molecule has 3 fully saturated rings. The fourth-order valence-electron chi connectivity index (χ4n) is 8.74. The van der Waals surface area contributed by atoms with Crippen LogP contribution in [0.5, 0.6) is 0 Å². The fraction of sp³-hybridized carbons (Fsp3) is 0.553. The number of unbranched alkanes of at least 4 members (excludes halogenated alkanes) is 2. The molecule has 4 aliphatic rings. The normalized spacial score (nSPS) is 21.5. The molecule has 12 amide bonds. The van der Waals surface area contributed by atoms with Crippen molar-refractivity contribution in [2.24, 2.45) is 11.5 Å². The number of nitrogens with two attached hydrogens (primary N) is 2. The number of hydrogen-bond donors (Lipinski definition) is 11. The highest BCUT2D eigenvalue weighted by molar-refractivity contribution is 8.08. The van der Waals surface area contributed by atoms with Gasteiger partial charge in [0.15, 0.2) is 0 Å². The average Bonchev–Trinajstić information content (AvgIpc) is 4.12. The molecular weight excluding hydrogens is 1020 g/mol. The predicted molar refractivity (Wildman–Crippen MR) is 267 cm³/mol. The molecule has 1 aromatic rings. The quantitative estimate of drug-likeness (QED) is 0.0336. The van der Waals surface area contributed by atoms with Crippen LogP contribution in [0.3, 0.4) is 0 Å². The van der Waals surface area contributed by atoms with Crippen molar-refractivity contribution < 1.29 is 72.5 Å². The molecule has 1 unspecified atom stereocenters. The second kappa shape index (κ2) is 28.0. The number of imide groups is 1. The van der Waals surface area contributed by atoms with Crippen LogP contribution in [0.15, 0.2) is 40.1 Å². The van der Waals surface area contributed by atoms with Crippen molar-refractivity contribution in [1.82, 2.24) is 47.0 Å². The summed E-state index contributed by atoms with van der Waals surface area (Å²) in [6, 6.07) is -1.43. The number of amides is 12. The van der Waals surface area contributed by atoms with Crippen molar-refractivity contribution in [2.45, 2.75) is 139 Å². The maximum absolute atomic E-state index is 14.4. The Labute approximate surface area is 439 Å². The Kier molecular flexibility index (Phi) is 22.0. The molecule has 1 aromatic carbocycles. The van der Waals surface area contributed by atoms with E-state index in [1.165, 1.54) is 9.80 Å². The molecule has 0 aliphatic carbocycles. The molecule has 8 atom stereocenters. The average molecular weight is 1090 g/mol. The fourth-order valence-corrected chi connectivity index (χ4v) is 11.0. The number of rotatable bonds is 25. The smallest absolute Gasteiger partial charge is 0.305 e. The van der Waals surface area contributed by atoms with E-state index < -0.39 is 144 Å². The van der Waals surface area contributed by atoms with Gasteiger partial charge in [-0.1, -0.05) is 50.1 Å². The molecule has 4 aliphatic heterocycles. The van der Waals surface area contributed by atoms with E-state index in [-0.39, 0.29) is 60.8 Å². The van der Waals surface area contributed by atoms with Crippen molar-refractivity contribution in [3.63, 3.8) is 0 Å². The maximum atomic E-state index is 14.4. The third-order valence-electron chi connectivity index (χ3n) is 12.6. The van der Waals surface area contributed by atoms with E-state index in [1.807, 2.05) is 6.92 Å². The number of carboxylic acid groups (broad SMARTS) is 1. The highest BCUT2D eigenvalue weighted by Gasteiger charge is 2.44. The molecule has 28 heteroatoms. The van der Waals surface area contributed by atoms with Crippen LogP contribution in [0.1, 0.15) is 89.5 Å². The highest BCUT2D eigenvalue weighted by atomic mass is 32.2. The lowest BCUT2D eigenvalue weighted by Crippen LogP contribution is -2.59. The van der Waals surface area contributed by atoms with Gasteiger partial charge >= 0.3 is 5.97 Å². The molecule has 13 N–H and O–H groups in total. The minimum absolute atomic E-state index is 0.0521. The van der Waals surface area contributed by atoms with Crippen LogP contribution in [0.2, 0.25) is 0 Å². The molecule has 3 saturated heterocycles. The molecule has 0 spiro atoms. The molecule has 408 valence electrons. The number of aliphatic hydroxyl groups is 1. The Morgan fingerprint density at radius 1 is 0.733 bits per heavy atom. The van der Waals surface area contributed by atoms with Gasteiger partial charge < -0.3 is 63.4 Å². The van der Waals surface area contributed by atoms with Crippen molar-refractivity contribution in [3.8, 4) is 0 Å². The van der Waals surface area contributed by atoms with Crippen molar-refractivity contribution in [1.29, 1.82) is 0 Å². The zero-order valence-electron chi connectivity index (χ0n) is 41.1. The lowest BCUT2D eigenvalue weighted by molar-refractivity contribution is -0.147. The summed E-state index contributed by atoms with van der Waals surface area (Å²) in [5.41, 5.74) is 11.5. The monoisotopic (exact) mass is 1090 g/mol. The topological polar surface area (TPSA) is 405 Å². The Bertz CT molecular complexity index is 2430. The molecule has 26 nitrogen and oxygen atoms in total. The van der Waals surface area contributed by atoms with Crippen LogP contribution >= 0.6 is 23.5 Å². The molecule has 0 aromatic heterocycles. The summed E-state index contributed by atoms with van der Waals surface area (Å²) in [6.07, 6.45) is -0.196. The standard InChI is InChI=1S/C47H63N11O15S2/c1-2-3-5-14-32(59)51-29(46(72)58-18-9-13-31(58)47(73)57-17-8-12-30(57)40(49)66)23-75-38-37(44(70)56-45(38)71)74-22-28(43(69)52-26(39(48)65)20-36(63)64)54-42(68)27(19-24-10-6-4-7-11-24)53-41(67)25-15-16-33(60)55-35(62)21-34(61)50-25/h4,6-7,10-11,25-31,35,62H,2-3,5,8-9,12-23H2,1H3,(H2,48,65)(H2,49,66)(H,50,61)(H,51,59)(H,52,69)(H,53,67)(H,54,68)(H,55,60)(H,63,64)(H,56,70,71)/t25-,26?,27-,28-,29-,30-,31-,35-/m0/s1. The van der Waals surface area contributed by atoms with E-state index >= 15 is 0 Å². The lowest BCUT2D eigenvalue weighted by atomic mass is 10.0. The summed E-state index contributed by atoms with van der Waals surface area (Å²) in [5.74, 6) is -12.5. The summed E-state index contributed by atoms with van der Waals surface area (Å²) >= 11 is 1.29. The van der Waals surface area contributed by atoms with E-state index in [1.54, 1.807) is 30.3 Å². The molecule has 4 heterocycles. The third kappa shape index (κ3) is 17.0. The highest BCUT2D eigenvalue weighted by Crippen LogP contribution is 2.34. The van der Waals surface area contributed by atoms with Crippen LogP contribution in [-0.2, 0) is 68.7 Å². The summed E-state index contributed by atoms with van der Waals surface area (Å²) in [5, 5.41) is 36.2. The summed E-state index contributed by atoms with van der Waals surface area (Å²) < 4.78 is 0. The number of likely N-dealkylation sites (tertiary alicyclic amines) is 2. The van der Waals surface area contributed by atoms with Gasteiger partial charge in [0, 0.05) is 43.9 Å². The maximum Gasteiger partial charge on any atom is 0.305 e. The van der Waals surface area contributed by atoms with Crippen LogP contribution in [0.4, 0.5) is 0 Å². The number of thioether (sulfide) groups is 2. The molecule has 0 bridgehead atoms. The molecular formula is C47H63N11O15S2. The third-order valence-corrected chi connectivity index (χ3v) is 15.1. The number of carbonyl (C=O) groups is 13. The second-order valence-corrected chi connectivity index (χ2v) is 20.3. The Morgan fingerprint density at radius 2 is 1.35 bits per heavy atom. The Balaban J connectivity index is 1.42. The van der Waals surface area contributed by atoms with Gasteiger partial charge in [-0.15, -0.1) is 23.5 Å². The minimum atomic E-state index is -1.80. The minimum Gasteiger partial charge on any atom is -0.481 e. The SMILES string of the molecule is CCCCCC(=O)N[C@@H](CSC1=C(SC[C@H](NC(=O)[C@H](Cc2ccccc2)NC(=O)[C@@H]2CCC(=O)N[C@@H](O)CC(=O)N2)C(=O)NC(CC(=O)O)C(N)=O)C(=O)NC1=O)C(=O)N1CCC[C@H]1C(=O)N1CCC[C@H]1C(N)=O. The van der Waals surface area contributed by atoms with Crippen molar-refractivity contribution in [2.75, 3.05) is 24.6 Å². The van der Waals surface area contributed by atoms with Crippen LogP contribution < -0.4 is 48.7 Å². The van der Waals surface area contributed by atoms with E-state index in [2.05, 4.69) is 37.2 Å². The first-order valence-electron chi connectivity index (χ1n) is 24.4. The largest absolute Gasteiger partial charge is 0.481 e. The summed E-state index contributed by atoms with van der Waals surface area (Å²) in [6.45, 7) is 2.34. The van der Waals surface area contributed by atoms with Gasteiger partial charge in [0.2, 0.25) is 59.1 Å². The van der Waals surface area contributed by atoms with Gasteiger partial charge in [-0.3, -0.25) is 67.6 Å². The van der Waals surface area contributed by atoms with Crippen LogP contribution in [0, 0.1) is 0 Å². The van der Waals surface area contributed by atoms with Gasteiger partial charge in [0.25, 0.3) is 11.8 Å². The molecule has 5 rings (SSSR count). The van der Waals surface area contributed by atoms with Gasteiger partial charge in [-0.05, 0) is 44.1 Å². The number of primary amides is 2. The Hall–Kier alpha value is -7.07. The summed E-state index contributed by atoms with van der Waals surface area (Å²) in [4.78, 5) is 174. The van der Waals surface area contributed by atoms with Gasteiger partial charge in [-0.25, -0.2) is 0 Å². The molecule has 75 heavy (non-hydrogen) atoms. The lowest BCUT2D eigenvalue weighted by Gasteiger charge is -2.32. The number of aliphatic hydroxyl groups excluding tert-OH is 1. The first-order valence-corrected chi connectivity index (χ1v) is 26.4. The van der Waals surface area contributed by atoms with Crippen molar-refractivity contribution >= 4 is 100 Å². The number of carboxylic acids is 1. The number of benzene rings is 1. The predicted octanol–water partition coefficient (Wildman–Crippen LogP) is -3.39. The number of carbonyl (C=O) groups excluding carboxylic acids is 12. The second-order valence-electron chi connectivity index (χ2n) is 18.2. The first kappa shape index (κ1) is 58.8. The number of nitrogens with one attached hydrogen (secondary N) is 7. The number of aliphatic carboxylic acids is 1. The van der Waals surface area contributed by atoms with Gasteiger partial charge in [0.05, 0.1) is 22.7 Å². The van der Waals surface area contributed by atoms with Gasteiger partial charge in [-0.2, -0.15) is 0 Å². The first-order chi connectivity index (χ1) is 35.7. The van der Waals surface area contributed by atoms with Crippen LogP contribution in [-0.4, -0.2) is 170 Å². The van der Waals surface area contributed by atoms with E-state index in [0.717, 1.165) is 6.42 Å². The van der Waals surface area contributed by atoms with E-state index in [0.29, 0.717) is 61.2 Å². The van der Waals surface area contributed by atoms with Crippen LogP contribution in [0.25, 0.3) is 0 Å². The molecule has 0 radical (unpaired) electrons. The van der Waals surface area contributed by atoms with E-state index in [4.69, 9.17) is 11.5 Å². The van der Waals surface area contributed by atoms with E-state index in [9.17, 15) is 72.5 Å². The number of hydrogen-bond acceptors (Lipinski definition) is 16. The summed E-state index contributed by atoms with van der Waals surface area (Å²) in [7, 11) is 0. The van der Waals surface area contributed by atoms with Crippen molar-refractivity contribution in [3.05, 3.63) is 45.7 Å². The number of nitrogens with zero attached hydrogens (tertiary/aromatic N) is 2. The zero-order chi connectivity index (χ0) is 54.9. The Morgan fingerprint density at radius 3 is 1.97 bits per heavy atom. The zero-order valence-corrected chi connectivity index (χ0v) is 42.7.